The van der Waals surface area contributed by atoms with Crippen molar-refractivity contribution >= 4 is 23.4 Å². The molecule has 5 N–H and O–H groups in total. The minimum absolute atomic E-state index is 0.270. The first-order chi connectivity index (χ1) is 9.04. The molecule has 7 nitrogen and oxygen atoms in total. The molecule has 0 bridgehead atoms. The number of anilines is 2. The Morgan fingerprint density at radius 2 is 2.16 bits per heavy atom. The van der Waals surface area contributed by atoms with Crippen LogP contribution >= 0.6 is 0 Å². The maximum absolute atomic E-state index is 11.4. The minimum atomic E-state index is -0.503. The van der Waals surface area contributed by atoms with E-state index < -0.39 is 5.97 Å². The molecular weight excluding hydrogens is 248 g/mol. The Bertz CT molecular complexity index is 462. The second-order valence-electron chi connectivity index (χ2n) is 4.00. The van der Waals surface area contributed by atoms with E-state index in [1.165, 1.54) is 19.4 Å². The summed E-state index contributed by atoms with van der Waals surface area (Å²) in [5.74, 6) is -0.274. The van der Waals surface area contributed by atoms with Crippen LogP contribution < -0.4 is 16.8 Å². The summed E-state index contributed by atoms with van der Waals surface area (Å²) in [6, 6.07) is 1.54. The number of primary amides is 1. The number of hydrogen-bond donors (Lipinski definition) is 3. The Morgan fingerprint density at radius 1 is 1.42 bits per heavy atom. The van der Waals surface area contributed by atoms with Crippen LogP contribution in [0.5, 0.6) is 0 Å². The highest BCUT2D eigenvalue weighted by atomic mass is 16.5. The summed E-state index contributed by atoms with van der Waals surface area (Å²) in [6.45, 7) is 0.630. The fourth-order valence-corrected chi connectivity index (χ4v) is 1.49. The maximum Gasteiger partial charge on any atom is 0.340 e. The van der Waals surface area contributed by atoms with E-state index in [1.807, 2.05) is 0 Å². The van der Waals surface area contributed by atoms with Crippen molar-refractivity contribution in [3.05, 3.63) is 17.8 Å². The van der Waals surface area contributed by atoms with Crippen molar-refractivity contribution in [1.29, 1.82) is 0 Å². The highest BCUT2D eigenvalue weighted by Gasteiger charge is 2.11. The highest BCUT2D eigenvalue weighted by molar-refractivity contribution is 5.95. The van der Waals surface area contributed by atoms with Crippen LogP contribution in [0, 0.1) is 0 Å². The normalized spacial score (nSPS) is 9.95. The standard InChI is InChI=1S/C12H18N4O3/c1-19-12(18)8-6-11(16-7-9(8)13)15-5-3-2-4-10(14)17/h6-7H,2-5,13H2,1H3,(H2,14,17)(H,15,16). The van der Waals surface area contributed by atoms with Crippen molar-refractivity contribution < 1.29 is 14.3 Å². The molecule has 104 valence electrons. The number of nitrogens with one attached hydrogen (secondary N) is 1. The molecule has 1 aromatic rings. The number of rotatable bonds is 7. The van der Waals surface area contributed by atoms with E-state index >= 15 is 0 Å². The van der Waals surface area contributed by atoms with Gasteiger partial charge in [0.05, 0.1) is 24.6 Å². The molecule has 0 aliphatic heterocycles. The monoisotopic (exact) mass is 266 g/mol. The van der Waals surface area contributed by atoms with E-state index in [9.17, 15) is 9.59 Å². The Balaban J connectivity index is 2.50. The predicted molar refractivity (Wildman–Crippen MR) is 71.5 cm³/mol. The van der Waals surface area contributed by atoms with E-state index in [1.54, 1.807) is 0 Å². The van der Waals surface area contributed by atoms with E-state index in [0.717, 1.165) is 6.42 Å². The Labute approximate surface area is 111 Å². The molecule has 0 unspecified atom stereocenters. The van der Waals surface area contributed by atoms with Crippen LogP contribution in [0.2, 0.25) is 0 Å². The van der Waals surface area contributed by atoms with Gasteiger partial charge < -0.3 is 21.5 Å². The number of hydrogen-bond acceptors (Lipinski definition) is 6. The second kappa shape index (κ2) is 7.20. The fraction of sp³-hybridized carbons (Fsp3) is 0.417. The van der Waals surface area contributed by atoms with Crippen molar-refractivity contribution in [3.8, 4) is 0 Å². The maximum atomic E-state index is 11.4. The number of carbonyl (C=O) groups excluding carboxylic acids is 2. The first kappa shape index (κ1) is 14.7. The molecule has 0 radical (unpaired) electrons. The van der Waals surface area contributed by atoms with Gasteiger partial charge in [-0.25, -0.2) is 9.78 Å². The lowest BCUT2D eigenvalue weighted by Crippen LogP contribution is -2.12. The van der Waals surface area contributed by atoms with Gasteiger partial charge in [0.2, 0.25) is 5.91 Å². The second-order valence-corrected chi connectivity index (χ2v) is 4.00. The van der Waals surface area contributed by atoms with E-state index in [-0.39, 0.29) is 17.2 Å². The van der Waals surface area contributed by atoms with Gasteiger partial charge in [-0.1, -0.05) is 0 Å². The zero-order valence-corrected chi connectivity index (χ0v) is 10.8. The molecule has 0 saturated carbocycles. The third-order valence-electron chi connectivity index (χ3n) is 2.50. The number of aromatic nitrogens is 1. The van der Waals surface area contributed by atoms with Crippen LogP contribution in [-0.4, -0.2) is 30.5 Å². The van der Waals surface area contributed by atoms with Gasteiger partial charge in [0, 0.05) is 13.0 Å². The zero-order chi connectivity index (χ0) is 14.3. The van der Waals surface area contributed by atoms with Crippen LogP contribution in [0.3, 0.4) is 0 Å². The lowest BCUT2D eigenvalue weighted by Gasteiger charge is -2.08. The van der Waals surface area contributed by atoms with Crippen molar-refractivity contribution in [1.82, 2.24) is 4.98 Å². The van der Waals surface area contributed by atoms with Crippen LogP contribution in [0.15, 0.2) is 12.3 Å². The van der Waals surface area contributed by atoms with Gasteiger partial charge in [-0.3, -0.25) is 4.79 Å². The molecule has 0 fully saturated rings. The van der Waals surface area contributed by atoms with Crippen LogP contribution in [0.1, 0.15) is 29.6 Å². The molecule has 0 aromatic carbocycles. The van der Waals surface area contributed by atoms with Crippen molar-refractivity contribution in [2.24, 2.45) is 5.73 Å². The number of carbonyl (C=O) groups is 2. The van der Waals surface area contributed by atoms with Crippen molar-refractivity contribution in [2.45, 2.75) is 19.3 Å². The SMILES string of the molecule is COC(=O)c1cc(NCCCCC(N)=O)ncc1N. The van der Waals surface area contributed by atoms with E-state index in [0.29, 0.717) is 25.2 Å². The Kier molecular flexibility index (Phi) is 5.59. The summed E-state index contributed by atoms with van der Waals surface area (Å²) in [5, 5.41) is 3.04. The summed E-state index contributed by atoms with van der Waals surface area (Å²) >= 11 is 0. The number of esters is 1. The summed E-state index contributed by atoms with van der Waals surface area (Å²) in [6.07, 6.45) is 3.26. The summed E-state index contributed by atoms with van der Waals surface area (Å²) in [5.41, 5.74) is 11.2. The molecule has 0 spiro atoms. The summed E-state index contributed by atoms with van der Waals surface area (Å²) in [7, 11) is 1.29. The third kappa shape index (κ3) is 4.82. The predicted octanol–water partition coefficient (Wildman–Crippen LogP) is 0.518. The van der Waals surface area contributed by atoms with Crippen LogP contribution in [0.25, 0.3) is 0 Å². The molecule has 0 atom stereocenters. The van der Waals surface area contributed by atoms with E-state index in [2.05, 4.69) is 15.0 Å². The molecule has 1 rings (SSSR count). The average Bonchev–Trinajstić information content (AvgIpc) is 2.39. The minimum Gasteiger partial charge on any atom is -0.465 e. The molecule has 1 amide bonds. The van der Waals surface area contributed by atoms with Gasteiger partial charge in [0.15, 0.2) is 0 Å². The fourth-order valence-electron chi connectivity index (χ4n) is 1.49. The molecule has 0 saturated heterocycles. The molecule has 1 aromatic heterocycles. The number of pyridine rings is 1. The number of nitrogens with two attached hydrogens (primary N) is 2. The molecular formula is C12H18N4O3. The van der Waals surface area contributed by atoms with Crippen molar-refractivity contribution in [3.63, 3.8) is 0 Å². The Morgan fingerprint density at radius 3 is 2.79 bits per heavy atom. The molecule has 19 heavy (non-hydrogen) atoms. The highest BCUT2D eigenvalue weighted by Crippen LogP contribution is 2.15. The molecule has 0 aliphatic rings. The molecule has 1 heterocycles. The third-order valence-corrected chi connectivity index (χ3v) is 2.50. The number of amides is 1. The molecule has 7 heteroatoms. The van der Waals surface area contributed by atoms with Gasteiger partial charge in [0.25, 0.3) is 0 Å². The van der Waals surface area contributed by atoms with Crippen LogP contribution in [0.4, 0.5) is 11.5 Å². The van der Waals surface area contributed by atoms with Gasteiger partial charge in [-0.2, -0.15) is 0 Å². The lowest BCUT2D eigenvalue weighted by molar-refractivity contribution is -0.118. The van der Waals surface area contributed by atoms with Gasteiger partial charge in [-0.05, 0) is 18.9 Å². The quantitative estimate of drug-likeness (QED) is 0.488. The summed E-state index contributed by atoms with van der Waals surface area (Å²) in [4.78, 5) is 26.0. The molecule has 0 aliphatic carbocycles. The first-order valence-electron chi connectivity index (χ1n) is 5.90. The van der Waals surface area contributed by atoms with Gasteiger partial charge in [0.1, 0.15) is 5.82 Å². The summed E-state index contributed by atoms with van der Waals surface area (Å²) < 4.78 is 4.62. The van der Waals surface area contributed by atoms with Crippen LogP contribution in [-0.2, 0) is 9.53 Å². The van der Waals surface area contributed by atoms with Gasteiger partial charge in [-0.15, -0.1) is 0 Å². The number of ether oxygens (including phenoxy) is 1. The average molecular weight is 266 g/mol. The first-order valence-corrected chi connectivity index (χ1v) is 5.90. The smallest absolute Gasteiger partial charge is 0.340 e. The lowest BCUT2D eigenvalue weighted by atomic mass is 10.2. The zero-order valence-electron chi connectivity index (χ0n) is 10.8. The Hall–Kier alpha value is -2.31. The topological polar surface area (TPSA) is 120 Å². The van der Waals surface area contributed by atoms with Gasteiger partial charge >= 0.3 is 5.97 Å². The number of nitrogen functional groups attached to an aromatic ring is 1. The largest absolute Gasteiger partial charge is 0.465 e. The number of unbranched alkanes of at least 4 members (excludes halogenated alkanes) is 1. The van der Waals surface area contributed by atoms with E-state index in [4.69, 9.17) is 11.5 Å². The number of nitrogens with zero attached hydrogens (tertiary/aromatic N) is 1. The van der Waals surface area contributed by atoms with Crippen molar-refractivity contribution in [2.75, 3.05) is 24.7 Å². The number of methoxy groups -OCH3 is 1.